The summed E-state index contributed by atoms with van der Waals surface area (Å²) in [5, 5.41) is 0.990. The van der Waals surface area contributed by atoms with Crippen molar-refractivity contribution in [1.82, 2.24) is 29.4 Å². The number of halogens is 2. The molecule has 0 radical (unpaired) electrons. The van der Waals surface area contributed by atoms with Gasteiger partial charge in [-0.25, -0.2) is 24.4 Å². The van der Waals surface area contributed by atoms with Gasteiger partial charge in [0.15, 0.2) is 11.5 Å². The molecule has 9 nitrogen and oxygen atoms in total. The fraction of sp³-hybridized carbons (Fsp3) is 0.150. The van der Waals surface area contributed by atoms with Gasteiger partial charge in [-0.05, 0) is 17.7 Å². The largest absolute Gasteiger partial charge is 0.303 e. The van der Waals surface area contributed by atoms with E-state index >= 15 is 0 Å². The van der Waals surface area contributed by atoms with Crippen LogP contribution in [0, 0.1) is 11.6 Å². The number of amides is 1. The zero-order chi connectivity index (χ0) is 22.1. The standard InChI is InChI=1S/C20H16F2N6O3/c1-27(31-2)20(30)12-4-3-11(13(21)7-12)8-15-18-23-5-6-28(18)10-16(25-15)17-24-9-14(22)19(29)26-17/h3-7,9-10H,8H2,1-2H3,(H,24,26,29). The molecule has 0 aliphatic carbocycles. The number of benzene rings is 1. The minimum absolute atomic E-state index is 0.0558. The van der Waals surface area contributed by atoms with E-state index in [0.29, 0.717) is 11.3 Å². The Bertz CT molecular complexity index is 1350. The molecule has 31 heavy (non-hydrogen) atoms. The Hall–Kier alpha value is -3.99. The first kappa shape index (κ1) is 20.3. The van der Waals surface area contributed by atoms with Gasteiger partial charge in [0.25, 0.3) is 11.5 Å². The lowest BCUT2D eigenvalue weighted by Crippen LogP contribution is -2.25. The summed E-state index contributed by atoms with van der Waals surface area (Å²) in [5.74, 6) is -2.04. The van der Waals surface area contributed by atoms with Gasteiger partial charge in [0.05, 0.1) is 19.0 Å². The predicted molar refractivity (Wildman–Crippen MR) is 105 cm³/mol. The first-order valence-electron chi connectivity index (χ1n) is 9.05. The van der Waals surface area contributed by atoms with Crippen molar-refractivity contribution in [2.24, 2.45) is 0 Å². The number of carbonyl (C=O) groups excluding carboxylic acids is 1. The molecule has 0 bridgehead atoms. The SMILES string of the molecule is CON(C)C(=O)c1ccc(Cc2nc(-c3ncc(F)c(=O)[nH]3)cn3ccnc23)c(F)c1. The molecule has 4 aromatic rings. The molecule has 11 heteroatoms. The molecule has 0 fully saturated rings. The van der Waals surface area contributed by atoms with Gasteiger partial charge in [-0.2, -0.15) is 4.39 Å². The minimum atomic E-state index is -1.01. The van der Waals surface area contributed by atoms with E-state index in [4.69, 9.17) is 4.84 Å². The monoisotopic (exact) mass is 426 g/mol. The molecule has 0 saturated carbocycles. The number of carbonyl (C=O) groups is 1. The van der Waals surface area contributed by atoms with Crippen LogP contribution in [0.4, 0.5) is 8.78 Å². The smallest absolute Gasteiger partial charge is 0.287 e. The molecule has 3 heterocycles. The zero-order valence-corrected chi connectivity index (χ0v) is 16.5. The Kier molecular flexibility index (Phi) is 5.26. The maximum Gasteiger partial charge on any atom is 0.287 e. The number of nitrogens with zero attached hydrogens (tertiary/aromatic N) is 5. The topological polar surface area (TPSA) is 105 Å². The minimum Gasteiger partial charge on any atom is -0.303 e. The van der Waals surface area contributed by atoms with Crippen molar-refractivity contribution < 1.29 is 18.4 Å². The van der Waals surface area contributed by atoms with Crippen LogP contribution in [0.2, 0.25) is 0 Å². The summed E-state index contributed by atoms with van der Waals surface area (Å²) in [5.41, 5.74) is 0.629. The number of hydroxylamine groups is 2. The van der Waals surface area contributed by atoms with E-state index < -0.39 is 23.1 Å². The number of imidazole rings is 1. The number of aromatic nitrogens is 5. The fourth-order valence-electron chi connectivity index (χ4n) is 3.01. The molecule has 0 unspecified atom stereocenters. The Balaban J connectivity index is 1.73. The highest BCUT2D eigenvalue weighted by Crippen LogP contribution is 2.20. The zero-order valence-electron chi connectivity index (χ0n) is 16.5. The van der Waals surface area contributed by atoms with E-state index in [-0.39, 0.29) is 29.1 Å². The predicted octanol–water partition coefficient (Wildman–Crippen LogP) is 1.98. The maximum absolute atomic E-state index is 14.7. The summed E-state index contributed by atoms with van der Waals surface area (Å²) in [4.78, 5) is 43.4. The van der Waals surface area contributed by atoms with E-state index in [1.54, 1.807) is 23.0 Å². The van der Waals surface area contributed by atoms with Crippen LogP contribution in [0.1, 0.15) is 21.6 Å². The number of nitrogens with one attached hydrogen (secondary N) is 1. The average Bonchev–Trinajstić information content (AvgIpc) is 3.25. The Labute approximate surface area is 173 Å². The lowest BCUT2D eigenvalue weighted by atomic mass is 10.1. The molecule has 1 N–H and O–H groups in total. The van der Waals surface area contributed by atoms with Gasteiger partial charge in [0.1, 0.15) is 11.5 Å². The van der Waals surface area contributed by atoms with Crippen LogP contribution in [0.3, 0.4) is 0 Å². The molecule has 3 aromatic heterocycles. The van der Waals surface area contributed by atoms with Crippen molar-refractivity contribution in [2.45, 2.75) is 6.42 Å². The van der Waals surface area contributed by atoms with Crippen LogP contribution in [0.5, 0.6) is 0 Å². The van der Waals surface area contributed by atoms with Crippen LogP contribution >= 0.6 is 0 Å². The number of fused-ring (bicyclic) bond motifs is 1. The third-order valence-corrected chi connectivity index (χ3v) is 4.66. The summed E-state index contributed by atoms with van der Waals surface area (Å²) >= 11 is 0. The van der Waals surface area contributed by atoms with E-state index in [9.17, 15) is 18.4 Å². The molecular formula is C20H16F2N6O3. The fourth-order valence-corrected chi connectivity index (χ4v) is 3.01. The normalized spacial score (nSPS) is 11.1. The van der Waals surface area contributed by atoms with Crippen molar-refractivity contribution in [2.75, 3.05) is 14.2 Å². The second kappa shape index (κ2) is 8.03. The van der Waals surface area contributed by atoms with Crippen molar-refractivity contribution in [1.29, 1.82) is 0 Å². The van der Waals surface area contributed by atoms with Gasteiger partial charge < -0.3 is 9.38 Å². The molecule has 158 valence electrons. The summed E-state index contributed by atoms with van der Waals surface area (Å²) in [6.45, 7) is 0. The Morgan fingerprint density at radius 2 is 2.06 bits per heavy atom. The van der Waals surface area contributed by atoms with E-state index in [1.165, 1.54) is 26.3 Å². The number of aromatic amines is 1. The van der Waals surface area contributed by atoms with Gasteiger partial charge in [0, 0.05) is 37.6 Å². The molecule has 1 amide bonds. The number of rotatable bonds is 5. The van der Waals surface area contributed by atoms with Gasteiger partial charge in [-0.1, -0.05) is 6.07 Å². The highest BCUT2D eigenvalue weighted by Gasteiger charge is 2.17. The van der Waals surface area contributed by atoms with Crippen LogP contribution in [0.25, 0.3) is 17.2 Å². The summed E-state index contributed by atoms with van der Waals surface area (Å²) in [6, 6.07) is 4.10. The van der Waals surface area contributed by atoms with E-state index in [2.05, 4.69) is 19.9 Å². The van der Waals surface area contributed by atoms with Crippen LogP contribution < -0.4 is 5.56 Å². The second-order valence-electron chi connectivity index (χ2n) is 6.61. The highest BCUT2D eigenvalue weighted by molar-refractivity contribution is 5.93. The first-order valence-corrected chi connectivity index (χ1v) is 9.05. The third kappa shape index (κ3) is 3.90. The number of hydrogen-bond donors (Lipinski definition) is 1. The lowest BCUT2D eigenvalue weighted by molar-refractivity contribution is -0.0757. The average molecular weight is 426 g/mol. The van der Waals surface area contributed by atoms with E-state index in [1.807, 2.05) is 0 Å². The van der Waals surface area contributed by atoms with Crippen LogP contribution in [0.15, 0.2) is 47.8 Å². The molecular weight excluding hydrogens is 410 g/mol. The maximum atomic E-state index is 14.7. The summed E-state index contributed by atoms with van der Waals surface area (Å²) in [7, 11) is 2.76. The third-order valence-electron chi connectivity index (χ3n) is 4.66. The molecule has 0 aliphatic heterocycles. The molecule has 0 aliphatic rings. The number of H-pyrrole nitrogens is 1. The first-order chi connectivity index (χ1) is 14.9. The van der Waals surface area contributed by atoms with Crippen molar-refractivity contribution in [3.05, 3.63) is 81.8 Å². The van der Waals surface area contributed by atoms with Gasteiger partial charge >= 0.3 is 0 Å². The van der Waals surface area contributed by atoms with Crippen molar-refractivity contribution in [3.63, 3.8) is 0 Å². The summed E-state index contributed by atoms with van der Waals surface area (Å²) < 4.78 is 29.7. The van der Waals surface area contributed by atoms with Crippen LogP contribution in [-0.2, 0) is 11.3 Å². The van der Waals surface area contributed by atoms with Crippen LogP contribution in [-0.4, -0.2) is 49.5 Å². The summed E-state index contributed by atoms with van der Waals surface area (Å²) in [6.07, 6.45) is 5.63. The molecule has 0 spiro atoms. The van der Waals surface area contributed by atoms with Gasteiger partial charge in [0.2, 0.25) is 5.82 Å². The van der Waals surface area contributed by atoms with Gasteiger partial charge in [-0.15, -0.1) is 0 Å². The molecule has 1 aromatic carbocycles. The molecule has 0 atom stereocenters. The molecule has 4 rings (SSSR count). The van der Waals surface area contributed by atoms with Crippen molar-refractivity contribution >= 4 is 11.6 Å². The lowest BCUT2D eigenvalue weighted by Gasteiger charge is -2.14. The molecule has 0 saturated heterocycles. The highest BCUT2D eigenvalue weighted by atomic mass is 19.1. The van der Waals surface area contributed by atoms with E-state index in [0.717, 1.165) is 17.3 Å². The Morgan fingerprint density at radius 3 is 2.77 bits per heavy atom. The van der Waals surface area contributed by atoms with Crippen molar-refractivity contribution in [3.8, 4) is 11.5 Å². The second-order valence-corrected chi connectivity index (χ2v) is 6.61. The number of hydrogen-bond acceptors (Lipinski definition) is 6. The Morgan fingerprint density at radius 1 is 1.26 bits per heavy atom. The van der Waals surface area contributed by atoms with Gasteiger partial charge in [-0.3, -0.25) is 14.4 Å². The quantitative estimate of drug-likeness (QED) is 0.490.